The summed E-state index contributed by atoms with van der Waals surface area (Å²) in [4.78, 5) is 0. The molecule has 0 spiro atoms. The molecule has 2 unspecified atom stereocenters. The highest BCUT2D eigenvalue weighted by molar-refractivity contribution is 5.86. The van der Waals surface area contributed by atoms with Gasteiger partial charge in [0.05, 0.1) is 6.26 Å². The fourth-order valence-corrected chi connectivity index (χ4v) is 3.38. The molecule has 1 heteroatoms. The summed E-state index contributed by atoms with van der Waals surface area (Å²) in [6.45, 7) is 12.5. The molecule has 1 nitrogen and oxygen atoms in total. The molecule has 0 saturated heterocycles. The second kappa shape index (κ2) is 6.92. The zero-order chi connectivity index (χ0) is 17.1. The van der Waals surface area contributed by atoms with Crippen LogP contribution in [-0.2, 0) is 0 Å². The van der Waals surface area contributed by atoms with Crippen LogP contribution in [0.5, 0.6) is 5.75 Å². The van der Waals surface area contributed by atoms with Gasteiger partial charge in [-0.05, 0) is 42.0 Å². The molecule has 0 radical (unpaired) electrons. The van der Waals surface area contributed by atoms with Crippen LogP contribution in [0.2, 0.25) is 0 Å². The Kier molecular flexibility index (Phi) is 4.71. The predicted octanol–water partition coefficient (Wildman–Crippen LogP) is 6.25. The molecule has 0 bridgehead atoms. The molecule has 0 aromatic heterocycles. The van der Waals surface area contributed by atoms with E-state index in [0.717, 1.165) is 23.3 Å². The summed E-state index contributed by atoms with van der Waals surface area (Å²) in [5.74, 6) is 1.65. The highest BCUT2D eigenvalue weighted by Crippen LogP contribution is 2.43. The van der Waals surface area contributed by atoms with Crippen molar-refractivity contribution in [2.45, 2.75) is 20.3 Å². The van der Waals surface area contributed by atoms with E-state index < -0.39 is 0 Å². The van der Waals surface area contributed by atoms with Gasteiger partial charge in [-0.15, -0.1) is 6.58 Å². The van der Waals surface area contributed by atoms with Crippen molar-refractivity contribution >= 4 is 11.6 Å². The Hall–Kier alpha value is -2.54. The zero-order valence-electron chi connectivity index (χ0n) is 14.5. The number of fused-ring (bicyclic) bond motifs is 1. The standard InChI is InChI=1S/C23H24O/c1-5-6-7-11-19-13-14-22-23(17(19)3)18(4)21(15-24-22)20-12-9-8-10-16(20)2/h5,7-16,20H,1,4,6H2,2-3H3/b11-7-. The van der Waals surface area contributed by atoms with Crippen molar-refractivity contribution in [1.29, 1.82) is 0 Å². The van der Waals surface area contributed by atoms with Crippen molar-refractivity contribution < 1.29 is 4.74 Å². The fraction of sp³-hybridized carbons (Fsp3) is 0.217. The van der Waals surface area contributed by atoms with Gasteiger partial charge in [-0.3, -0.25) is 0 Å². The second-order valence-electron chi connectivity index (χ2n) is 6.40. The Labute approximate surface area is 145 Å². The van der Waals surface area contributed by atoms with Crippen molar-refractivity contribution in [1.82, 2.24) is 0 Å². The Balaban J connectivity index is 1.96. The minimum absolute atomic E-state index is 0.315. The van der Waals surface area contributed by atoms with Crippen LogP contribution in [0.25, 0.3) is 11.6 Å². The summed E-state index contributed by atoms with van der Waals surface area (Å²) in [6.07, 6.45) is 17.6. The molecule has 1 heterocycles. The number of allylic oxidation sites excluding steroid dienone is 8. The molecule has 24 heavy (non-hydrogen) atoms. The molecular formula is C23H24O. The van der Waals surface area contributed by atoms with E-state index in [9.17, 15) is 0 Å². The van der Waals surface area contributed by atoms with E-state index in [2.05, 4.69) is 69.5 Å². The molecule has 1 aromatic carbocycles. The highest BCUT2D eigenvalue weighted by Gasteiger charge is 2.27. The van der Waals surface area contributed by atoms with Gasteiger partial charge in [0.2, 0.25) is 0 Å². The Morgan fingerprint density at radius 3 is 2.75 bits per heavy atom. The van der Waals surface area contributed by atoms with Crippen LogP contribution in [0.15, 0.2) is 73.6 Å². The Morgan fingerprint density at radius 2 is 2.00 bits per heavy atom. The van der Waals surface area contributed by atoms with Crippen LogP contribution in [0.3, 0.4) is 0 Å². The zero-order valence-corrected chi connectivity index (χ0v) is 14.5. The van der Waals surface area contributed by atoms with E-state index in [-0.39, 0.29) is 0 Å². The first kappa shape index (κ1) is 16.3. The average Bonchev–Trinajstić information content (AvgIpc) is 2.58. The van der Waals surface area contributed by atoms with Gasteiger partial charge >= 0.3 is 0 Å². The third kappa shape index (κ3) is 2.94. The lowest BCUT2D eigenvalue weighted by Gasteiger charge is -2.29. The minimum Gasteiger partial charge on any atom is -0.464 e. The quantitative estimate of drug-likeness (QED) is 0.596. The van der Waals surface area contributed by atoms with Gasteiger partial charge in [0.25, 0.3) is 0 Å². The van der Waals surface area contributed by atoms with E-state index in [1.54, 1.807) is 0 Å². The maximum atomic E-state index is 5.95. The molecule has 1 aromatic rings. The van der Waals surface area contributed by atoms with E-state index in [0.29, 0.717) is 11.8 Å². The summed E-state index contributed by atoms with van der Waals surface area (Å²) in [5, 5.41) is 0. The van der Waals surface area contributed by atoms with Crippen LogP contribution >= 0.6 is 0 Å². The summed E-state index contributed by atoms with van der Waals surface area (Å²) in [7, 11) is 0. The van der Waals surface area contributed by atoms with Crippen LogP contribution in [0, 0.1) is 18.8 Å². The molecule has 0 amide bonds. The lowest BCUT2D eigenvalue weighted by Crippen LogP contribution is -2.17. The first-order valence-corrected chi connectivity index (χ1v) is 8.46. The first-order chi connectivity index (χ1) is 11.6. The van der Waals surface area contributed by atoms with Crippen molar-refractivity contribution in [3.63, 3.8) is 0 Å². The normalized spacial score (nSPS) is 22.2. The molecule has 122 valence electrons. The summed E-state index contributed by atoms with van der Waals surface area (Å²) in [5.41, 5.74) is 5.79. The number of rotatable bonds is 4. The summed E-state index contributed by atoms with van der Waals surface area (Å²) >= 11 is 0. The highest BCUT2D eigenvalue weighted by atomic mass is 16.5. The van der Waals surface area contributed by atoms with Gasteiger partial charge in [-0.25, -0.2) is 0 Å². The predicted molar refractivity (Wildman–Crippen MR) is 104 cm³/mol. The average molecular weight is 316 g/mol. The van der Waals surface area contributed by atoms with Crippen molar-refractivity contribution in [2.24, 2.45) is 11.8 Å². The van der Waals surface area contributed by atoms with E-state index >= 15 is 0 Å². The van der Waals surface area contributed by atoms with Crippen molar-refractivity contribution in [2.75, 3.05) is 0 Å². The lowest BCUT2D eigenvalue weighted by molar-refractivity contribution is 0.453. The number of ether oxygens (including phenoxy) is 1. The Morgan fingerprint density at radius 1 is 1.21 bits per heavy atom. The van der Waals surface area contributed by atoms with E-state index in [4.69, 9.17) is 4.74 Å². The first-order valence-electron chi connectivity index (χ1n) is 8.46. The van der Waals surface area contributed by atoms with Gasteiger partial charge in [-0.2, -0.15) is 0 Å². The van der Waals surface area contributed by atoms with Crippen molar-refractivity contribution in [3.05, 3.63) is 90.3 Å². The molecular weight excluding hydrogens is 292 g/mol. The van der Waals surface area contributed by atoms with Crippen LogP contribution in [0.1, 0.15) is 30.0 Å². The molecule has 1 aliphatic heterocycles. The lowest BCUT2D eigenvalue weighted by atomic mass is 9.78. The van der Waals surface area contributed by atoms with Crippen LogP contribution in [-0.4, -0.2) is 0 Å². The largest absolute Gasteiger partial charge is 0.464 e. The topological polar surface area (TPSA) is 9.23 Å². The molecule has 2 aliphatic rings. The van der Waals surface area contributed by atoms with E-state index in [1.165, 1.54) is 16.7 Å². The maximum Gasteiger partial charge on any atom is 0.134 e. The second-order valence-corrected chi connectivity index (χ2v) is 6.40. The van der Waals surface area contributed by atoms with E-state index in [1.807, 2.05) is 18.4 Å². The summed E-state index contributed by atoms with van der Waals surface area (Å²) in [6, 6.07) is 4.14. The van der Waals surface area contributed by atoms with Gasteiger partial charge in [0.15, 0.2) is 0 Å². The number of benzene rings is 1. The van der Waals surface area contributed by atoms with Gasteiger partial charge < -0.3 is 4.74 Å². The smallest absolute Gasteiger partial charge is 0.134 e. The molecule has 0 fully saturated rings. The molecule has 0 N–H and O–H groups in total. The molecule has 3 rings (SSSR count). The van der Waals surface area contributed by atoms with Crippen LogP contribution in [0.4, 0.5) is 0 Å². The number of hydrogen-bond donors (Lipinski definition) is 0. The molecule has 1 aliphatic carbocycles. The fourth-order valence-electron chi connectivity index (χ4n) is 3.38. The third-order valence-electron chi connectivity index (χ3n) is 4.80. The maximum absolute atomic E-state index is 5.95. The molecule has 0 saturated carbocycles. The van der Waals surface area contributed by atoms with Gasteiger partial charge in [0.1, 0.15) is 5.75 Å². The van der Waals surface area contributed by atoms with Crippen LogP contribution < -0.4 is 4.74 Å². The Bertz CT molecular complexity index is 786. The molecule has 2 atom stereocenters. The van der Waals surface area contributed by atoms with Gasteiger partial charge in [0, 0.05) is 17.1 Å². The minimum atomic E-state index is 0.315. The summed E-state index contributed by atoms with van der Waals surface area (Å²) < 4.78 is 5.95. The SMILES string of the molecule is C=CC/C=C\c1ccc2c(c1C)C(=C)C(C1C=CC=CC1C)=CO2. The third-order valence-corrected chi connectivity index (χ3v) is 4.80. The monoisotopic (exact) mass is 316 g/mol. The number of hydrogen-bond acceptors (Lipinski definition) is 1. The van der Waals surface area contributed by atoms with Crippen molar-refractivity contribution in [3.8, 4) is 5.75 Å². The van der Waals surface area contributed by atoms with Gasteiger partial charge in [-0.1, -0.05) is 62.1 Å².